The second-order valence-corrected chi connectivity index (χ2v) is 4.01. The topological polar surface area (TPSA) is 57.6 Å². The van der Waals surface area contributed by atoms with Gasteiger partial charge >= 0.3 is 5.97 Å². The first kappa shape index (κ1) is 12.8. The third kappa shape index (κ3) is 2.63. The highest BCUT2D eigenvalue weighted by Crippen LogP contribution is 2.28. The van der Waals surface area contributed by atoms with Gasteiger partial charge in [-0.2, -0.15) is 0 Å². The number of carbonyl (C=O) groups is 2. The first-order valence-corrected chi connectivity index (χ1v) is 5.79. The average molecular weight is 255 g/mol. The van der Waals surface area contributed by atoms with Gasteiger partial charge in [-0.15, -0.1) is 0 Å². The number of rotatable bonds is 3. The third-order valence-corrected chi connectivity index (χ3v) is 2.70. The quantitative estimate of drug-likeness (QED) is 0.916. The summed E-state index contributed by atoms with van der Waals surface area (Å²) in [5.41, 5.74) is 1.11. The zero-order valence-corrected chi connectivity index (χ0v) is 10.4. The molecule has 0 aromatic heterocycles. The van der Waals surface area contributed by atoms with E-state index in [9.17, 15) is 14.7 Å². The Bertz CT molecular complexity index is 608. The summed E-state index contributed by atoms with van der Waals surface area (Å²) in [7, 11) is 0. The monoisotopic (exact) mass is 255 g/mol. The molecule has 0 heterocycles. The normalized spacial score (nSPS) is 9.95. The molecule has 1 amide bonds. The van der Waals surface area contributed by atoms with E-state index in [1.807, 2.05) is 6.07 Å². The smallest absolute Gasteiger partial charge is 0.337 e. The summed E-state index contributed by atoms with van der Waals surface area (Å²) in [6.07, 6.45) is 0. The van der Waals surface area contributed by atoms with Crippen molar-refractivity contribution in [3.63, 3.8) is 0 Å². The summed E-state index contributed by atoms with van der Waals surface area (Å²) in [6, 6.07) is 15.4. The number of carbonyl (C=O) groups excluding carboxylic acids is 1. The molecule has 2 aromatic rings. The maximum Gasteiger partial charge on any atom is 0.337 e. The highest BCUT2D eigenvalue weighted by atomic mass is 16.4. The van der Waals surface area contributed by atoms with E-state index in [2.05, 4.69) is 0 Å². The molecule has 96 valence electrons. The molecule has 0 bridgehead atoms. The summed E-state index contributed by atoms with van der Waals surface area (Å²) < 4.78 is 0. The second-order valence-electron chi connectivity index (χ2n) is 4.01. The molecular weight excluding hydrogens is 242 g/mol. The Morgan fingerprint density at radius 2 is 1.53 bits per heavy atom. The van der Waals surface area contributed by atoms with Crippen LogP contribution in [0.2, 0.25) is 0 Å². The molecule has 0 aliphatic carbocycles. The number of carboxylic acids is 1. The van der Waals surface area contributed by atoms with E-state index in [1.165, 1.54) is 17.9 Å². The van der Waals surface area contributed by atoms with Crippen molar-refractivity contribution >= 4 is 23.3 Å². The molecule has 0 aliphatic heterocycles. The van der Waals surface area contributed by atoms with E-state index in [4.69, 9.17) is 0 Å². The molecule has 19 heavy (non-hydrogen) atoms. The minimum Gasteiger partial charge on any atom is -0.478 e. The highest BCUT2D eigenvalue weighted by molar-refractivity contribution is 6.05. The second kappa shape index (κ2) is 5.35. The molecule has 0 saturated heterocycles. The molecule has 1 N–H and O–H groups in total. The van der Waals surface area contributed by atoms with Crippen molar-refractivity contribution in [2.75, 3.05) is 4.90 Å². The Hall–Kier alpha value is -2.62. The first-order chi connectivity index (χ1) is 9.11. The molecule has 0 atom stereocenters. The van der Waals surface area contributed by atoms with Gasteiger partial charge in [0.1, 0.15) is 0 Å². The maximum atomic E-state index is 11.9. The van der Waals surface area contributed by atoms with Crippen molar-refractivity contribution in [1.29, 1.82) is 0 Å². The van der Waals surface area contributed by atoms with Crippen molar-refractivity contribution in [2.24, 2.45) is 0 Å². The molecule has 4 heteroatoms. The Morgan fingerprint density at radius 3 is 2.11 bits per heavy atom. The zero-order valence-electron chi connectivity index (χ0n) is 10.4. The fourth-order valence-electron chi connectivity index (χ4n) is 1.92. The Morgan fingerprint density at radius 1 is 0.947 bits per heavy atom. The standard InChI is InChI=1S/C15H13NO3/c1-11(17)16(12-7-3-2-4-8-12)14-10-6-5-9-13(14)15(18)19/h2-10H,1H3,(H,18,19). The van der Waals surface area contributed by atoms with Crippen molar-refractivity contribution in [3.05, 3.63) is 60.2 Å². The number of para-hydroxylation sites is 2. The number of amides is 1. The van der Waals surface area contributed by atoms with Crippen LogP contribution < -0.4 is 4.90 Å². The van der Waals surface area contributed by atoms with Crippen molar-refractivity contribution < 1.29 is 14.7 Å². The minimum absolute atomic E-state index is 0.0987. The molecule has 0 fully saturated rings. The number of carboxylic acid groups (broad SMARTS) is 1. The highest BCUT2D eigenvalue weighted by Gasteiger charge is 2.19. The van der Waals surface area contributed by atoms with Gasteiger partial charge in [-0.25, -0.2) is 4.79 Å². The molecular formula is C15H13NO3. The Kier molecular flexibility index (Phi) is 3.61. The largest absolute Gasteiger partial charge is 0.478 e. The molecule has 0 unspecified atom stereocenters. The van der Waals surface area contributed by atoms with E-state index >= 15 is 0 Å². The van der Waals surface area contributed by atoms with Crippen molar-refractivity contribution in [3.8, 4) is 0 Å². The molecule has 2 aromatic carbocycles. The number of hydrogen-bond acceptors (Lipinski definition) is 2. The number of benzene rings is 2. The van der Waals surface area contributed by atoms with Crippen LogP contribution in [0.25, 0.3) is 0 Å². The average Bonchev–Trinajstić information content (AvgIpc) is 2.40. The van der Waals surface area contributed by atoms with E-state index in [0.29, 0.717) is 11.4 Å². The van der Waals surface area contributed by atoms with E-state index < -0.39 is 5.97 Å². The predicted molar refractivity (Wildman–Crippen MR) is 72.7 cm³/mol. The zero-order chi connectivity index (χ0) is 13.8. The summed E-state index contributed by atoms with van der Waals surface area (Å²) >= 11 is 0. The lowest BCUT2D eigenvalue weighted by molar-refractivity contribution is -0.115. The Balaban J connectivity index is 2.59. The summed E-state index contributed by atoms with van der Waals surface area (Å²) in [6.45, 7) is 1.41. The first-order valence-electron chi connectivity index (χ1n) is 5.79. The van der Waals surface area contributed by atoms with E-state index in [-0.39, 0.29) is 11.5 Å². The van der Waals surface area contributed by atoms with Gasteiger partial charge in [0.25, 0.3) is 0 Å². The van der Waals surface area contributed by atoms with Crippen molar-refractivity contribution in [1.82, 2.24) is 0 Å². The van der Waals surface area contributed by atoms with Crippen LogP contribution in [-0.4, -0.2) is 17.0 Å². The number of hydrogen-bond donors (Lipinski definition) is 1. The van der Waals surface area contributed by atoms with Crippen molar-refractivity contribution in [2.45, 2.75) is 6.92 Å². The summed E-state index contributed by atoms with van der Waals surface area (Å²) in [5, 5.41) is 9.21. The maximum absolute atomic E-state index is 11.9. The number of nitrogens with zero attached hydrogens (tertiary/aromatic N) is 1. The van der Waals surface area contributed by atoms with Gasteiger partial charge in [0.05, 0.1) is 11.3 Å². The summed E-state index contributed by atoms with van der Waals surface area (Å²) in [5.74, 6) is -1.29. The molecule has 0 radical (unpaired) electrons. The number of anilines is 2. The molecule has 2 rings (SSSR count). The van der Waals surface area contributed by atoms with Gasteiger partial charge in [0.15, 0.2) is 0 Å². The molecule has 0 aliphatic rings. The fraction of sp³-hybridized carbons (Fsp3) is 0.0667. The van der Waals surface area contributed by atoms with Crippen LogP contribution in [0.1, 0.15) is 17.3 Å². The minimum atomic E-state index is -1.06. The predicted octanol–water partition coefficient (Wildman–Crippen LogP) is 3.07. The van der Waals surface area contributed by atoms with Gasteiger partial charge in [0.2, 0.25) is 5.91 Å². The van der Waals surface area contributed by atoms with Crippen LogP contribution in [0.15, 0.2) is 54.6 Å². The van der Waals surface area contributed by atoms with Crippen LogP contribution in [0.3, 0.4) is 0 Å². The SMILES string of the molecule is CC(=O)N(c1ccccc1)c1ccccc1C(=O)O. The van der Waals surface area contributed by atoms with Gasteiger partial charge in [-0.3, -0.25) is 9.69 Å². The van der Waals surface area contributed by atoms with Crippen LogP contribution in [0, 0.1) is 0 Å². The van der Waals surface area contributed by atoms with E-state index in [1.54, 1.807) is 42.5 Å². The molecule has 0 saturated carbocycles. The third-order valence-electron chi connectivity index (χ3n) is 2.70. The van der Waals surface area contributed by atoms with Crippen LogP contribution in [0.5, 0.6) is 0 Å². The van der Waals surface area contributed by atoms with Gasteiger partial charge in [-0.1, -0.05) is 30.3 Å². The Labute approximate surface area is 110 Å². The fourth-order valence-corrected chi connectivity index (χ4v) is 1.92. The van der Waals surface area contributed by atoms with Gasteiger partial charge in [-0.05, 0) is 24.3 Å². The van der Waals surface area contributed by atoms with Gasteiger partial charge < -0.3 is 5.11 Å². The van der Waals surface area contributed by atoms with Crippen LogP contribution in [0.4, 0.5) is 11.4 Å². The lowest BCUT2D eigenvalue weighted by atomic mass is 10.1. The summed E-state index contributed by atoms with van der Waals surface area (Å²) in [4.78, 5) is 24.5. The molecule has 4 nitrogen and oxygen atoms in total. The molecule has 0 spiro atoms. The van der Waals surface area contributed by atoms with Crippen LogP contribution >= 0.6 is 0 Å². The van der Waals surface area contributed by atoms with Gasteiger partial charge in [0, 0.05) is 12.6 Å². The van der Waals surface area contributed by atoms with E-state index in [0.717, 1.165) is 0 Å². The lowest BCUT2D eigenvalue weighted by Gasteiger charge is -2.22. The lowest BCUT2D eigenvalue weighted by Crippen LogP contribution is -2.24. The number of aromatic carboxylic acids is 1. The van der Waals surface area contributed by atoms with Crippen LogP contribution in [-0.2, 0) is 4.79 Å².